The van der Waals surface area contributed by atoms with Crippen LogP contribution >= 0.6 is 11.6 Å². The van der Waals surface area contributed by atoms with E-state index in [1.54, 1.807) is 0 Å². The largest absolute Gasteiger partial charge is 0.351 e. The van der Waals surface area contributed by atoms with Crippen LogP contribution in [0.4, 0.5) is 5.69 Å². The van der Waals surface area contributed by atoms with Gasteiger partial charge in [0.05, 0.1) is 12.5 Å². The Hall–Kier alpha value is -2.37. The van der Waals surface area contributed by atoms with E-state index in [-0.39, 0.29) is 17.7 Å². The van der Waals surface area contributed by atoms with Crippen LogP contribution in [0.15, 0.2) is 54.6 Å². The number of hydrogen-bond donors (Lipinski definition) is 2. The van der Waals surface area contributed by atoms with Gasteiger partial charge in [0.2, 0.25) is 11.8 Å². The lowest BCUT2D eigenvalue weighted by molar-refractivity contribution is -0.125. The number of hydrogen-bond acceptors (Lipinski definition) is 3. The van der Waals surface area contributed by atoms with E-state index in [0.717, 1.165) is 30.6 Å². The van der Waals surface area contributed by atoms with Gasteiger partial charge in [-0.05, 0) is 49.2 Å². The maximum absolute atomic E-state index is 12.5. The molecule has 1 fully saturated rings. The predicted octanol–water partition coefficient (Wildman–Crippen LogP) is 3.31. The second-order valence-corrected chi connectivity index (χ2v) is 7.27. The average molecular weight is 386 g/mol. The lowest BCUT2D eigenvalue weighted by atomic mass is 9.97. The topological polar surface area (TPSA) is 61.4 Å². The summed E-state index contributed by atoms with van der Waals surface area (Å²) in [6.07, 6.45) is 1.76. The van der Waals surface area contributed by atoms with E-state index in [2.05, 4.69) is 15.5 Å². The highest BCUT2D eigenvalue weighted by atomic mass is 35.5. The van der Waals surface area contributed by atoms with Crippen LogP contribution in [0.5, 0.6) is 0 Å². The zero-order valence-corrected chi connectivity index (χ0v) is 15.9. The number of likely N-dealkylation sites (tertiary alicyclic amines) is 1. The summed E-state index contributed by atoms with van der Waals surface area (Å²) in [5.41, 5.74) is 1.81. The SMILES string of the molecule is O=C(CN1CCC[C@@H](C(=O)Nc2ccccc2)C1)NCc1ccc(Cl)cc1. The number of nitrogens with zero attached hydrogens (tertiary/aromatic N) is 1. The van der Waals surface area contributed by atoms with Gasteiger partial charge >= 0.3 is 0 Å². The highest BCUT2D eigenvalue weighted by Gasteiger charge is 2.26. The van der Waals surface area contributed by atoms with E-state index in [4.69, 9.17) is 11.6 Å². The molecule has 2 aromatic carbocycles. The molecule has 6 heteroatoms. The van der Waals surface area contributed by atoms with Crippen molar-refractivity contribution in [2.75, 3.05) is 25.0 Å². The van der Waals surface area contributed by atoms with Crippen molar-refractivity contribution in [3.05, 3.63) is 65.2 Å². The van der Waals surface area contributed by atoms with E-state index in [1.165, 1.54) is 0 Å². The average Bonchev–Trinajstić information content (AvgIpc) is 2.68. The Morgan fingerprint density at radius 2 is 1.81 bits per heavy atom. The Morgan fingerprint density at radius 3 is 2.56 bits per heavy atom. The maximum Gasteiger partial charge on any atom is 0.234 e. The molecule has 0 aliphatic carbocycles. The summed E-state index contributed by atoms with van der Waals surface area (Å²) in [5, 5.41) is 6.56. The summed E-state index contributed by atoms with van der Waals surface area (Å²) >= 11 is 5.87. The molecule has 0 aromatic heterocycles. The molecule has 0 bridgehead atoms. The number of para-hydroxylation sites is 1. The third-order valence-corrected chi connectivity index (χ3v) is 4.94. The first-order valence-electron chi connectivity index (χ1n) is 9.19. The summed E-state index contributed by atoms with van der Waals surface area (Å²) in [5.74, 6) is -0.107. The van der Waals surface area contributed by atoms with E-state index in [9.17, 15) is 9.59 Å². The number of nitrogens with one attached hydrogen (secondary N) is 2. The minimum Gasteiger partial charge on any atom is -0.351 e. The highest BCUT2D eigenvalue weighted by Crippen LogP contribution is 2.18. The molecule has 1 heterocycles. The molecule has 1 saturated heterocycles. The number of benzene rings is 2. The van der Waals surface area contributed by atoms with E-state index in [1.807, 2.05) is 54.6 Å². The lowest BCUT2D eigenvalue weighted by Crippen LogP contribution is -2.45. The predicted molar refractivity (Wildman–Crippen MR) is 108 cm³/mol. The molecule has 3 rings (SSSR count). The van der Waals surface area contributed by atoms with Gasteiger partial charge in [-0.15, -0.1) is 0 Å². The quantitative estimate of drug-likeness (QED) is 0.802. The number of carbonyl (C=O) groups excluding carboxylic acids is 2. The lowest BCUT2D eigenvalue weighted by Gasteiger charge is -2.31. The van der Waals surface area contributed by atoms with Crippen LogP contribution in [0.2, 0.25) is 5.02 Å². The summed E-state index contributed by atoms with van der Waals surface area (Å²) in [7, 11) is 0. The number of anilines is 1. The van der Waals surface area contributed by atoms with Crippen molar-refractivity contribution in [1.29, 1.82) is 0 Å². The van der Waals surface area contributed by atoms with Gasteiger partial charge in [-0.3, -0.25) is 14.5 Å². The minimum atomic E-state index is -0.0944. The number of rotatable bonds is 6. The van der Waals surface area contributed by atoms with Gasteiger partial charge in [0.1, 0.15) is 0 Å². The Labute approximate surface area is 164 Å². The fraction of sp³-hybridized carbons (Fsp3) is 0.333. The summed E-state index contributed by atoms with van der Waals surface area (Å²) in [6, 6.07) is 16.9. The van der Waals surface area contributed by atoms with Crippen molar-refractivity contribution >= 4 is 29.1 Å². The normalized spacial score (nSPS) is 17.3. The third-order valence-electron chi connectivity index (χ3n) is 4.69. The van der Waals surface area contributed by atoms with Crippen LogP contribution < -0.4 is 10.6 Å². The molecule has 5 nitrogen and oxygen atoms in total. The van der Waals surface area contributed by atoms with Crippen molar-refractivity contribution in [1.82, 2.24) is 10.2 Å². The molecule has 0 unspecified atom stereocenters. The van der Waals surface area contributed by atoms with Crippen molar-refractivity contribution in [2.45, 2.75) is 19.4 Å². The van der Waals surface area contributed by atoms with E-state index < -0.39 is 0 Å². The molecule has 0 spiro atoms. The number of amides is 2. The molecule has 27 heavy (non-hydrogen) atoms. The maximum atomic E-state index is 12.5. The Morgan fingerprint density at radius 1 is 1.07 bits per heavy atom. The smallest absolute Gasteiger partial charge is 0.234 e. The van der Waals surface area contributed by atoms with Crippen LogP contribution in [-0.2, 0) is 16.1 Å². The van der Waals surface area contributed by atoms with Gasteiger partial charge in [-0.1, -0.05) is 41.9 Å². The van der Waals surface area contributed by atoms with Crippen LogP contribution in [-0.4, -0.2) is 36.3 Å². The summed E-state index contributed by atoms with van der Waals surface area (Å²) < 4.78 is 0. The van der Waals surface area contributed by atoms with Gasteiger partial charge in [0, 0.05) is 23.8 Å². The fourth-order valence-electron chi connectivity index (χ4n) is 3.24. The van der Waals surface area contributed by atoms with Gasteiger partial charge in [-0.25, -0.2) is 0 Å². The molecule has 2 amide bonds. The van der Waals surface area contributed by atoms with Crippen LogP contribution in [0, 0.1) is 5.92 Å². The summed E-state index contributed by atoms with van der Waals surface area (Å²) in [4.78, 5) is 26.8. The van der Waals surface area contributed by atoms with Crippen molar-refractivity contribution in [2.24, 2.45) is 5.92 Å². The van der Waals surface area contributed by atoms with Gasteiger partial charge in [0.15, 0.2) is 0 Å². The molecular weight excluding hydrogens is 362 g/mol. The van der Waals surface area contributed by atoms with Crippen LogP contribution in [0.25, 0.3) is 0 Å². The number of halogens is 1. The van der Waals surface area contributed by atoms with Gasteiger partial charge in [-0.2, -0.15) is 0 Å². The molecule has 2 aromatic rings. The molecule has 142 valence electrons. The minimum absolute atomic E-state index is 0.0208. The van der Waals surface area contributed by atoms with E-state index >= 15 is 0 Å². The molecular formula is C21H24ClN3O2. The third kappa shape index (κ3) is 6.08. The molecule has 0 radical (unpaired) electrons. The first-order valence-corrected chi connectivity index (χ1v) is 9.57. The van der Waals surface area contributed by atoms with Crippen LogP contribution in [0.3, 0.4) is 0 Å². The standard InChI is InChI=1S/C21H24ClN3O2/c22-18-10-8-16(9-11-18)13-23-20(26)15-25-12-4-5-17(14-25)21(27)24-19-6-2-1-3-7-19/h1-3,6-11,17H,4-5,12-15H2,(H,23,26)(H,24,27)/t17-/m1/s1. The Bertz CT molecular complexity index is 765. The van der Waals surface area contributed by atoms with Crippen molar-refractivity contribution in [3.63, 3.8) is 0 Å². The fourth-order valence-corrected chi connectivity index (χ4v) is 3.37. The summed E-state index contributed by atoms with van der Waals surface area (Å²) in [6.45, 7) is 2.22. The highest BCUT2D eigenvalue weighted by molar-refractivity contribution is 6.30. The van der Waals surface area contributed by atoms with Gasteiger partial charge < -0.3 is 10.6 Å². The van der Waals surface area contributed by atoms with E-state index in [0.29, 0.717) is 24.7 Å². The second kappa shape index (κ2) is 9.53. The number of piperidine rings is 1. The molecule has 1 aliphatic heterocycles. The molecule has 1 atom stereocenters. The Balaban J connectivity index is 1.45. The first kappa shape index (κ1) is 19.4. The number of carbonyl (C=O) groups is 2. The molecule has 2 N–H and O–H groups in total. The monoisotopic (exact) mass is 385 g/mol. The molecule has 1 aliphatic rings. The van der Waals surface area contributed by atoms with Gasteiger partial charge in [0.25, 0.3) is 0 Å². The zero-order chi connectivity index (χ0) is 19.1. The van der Waals surface area contributed by atoms with Crippen molar-refractivity contribution in [3.8, 4) is 0 Å². The molecule has 0 saturated carbocycles. The van der Waals surface area contributed by atoms with Crippen LogP contribution in [0.1, 0.15) is 18.4 Å². The second-order valence-electron chi connectivity index (χ2n) is 6.83. The Kier molecular flexibility index (Phi) is 6.85. The zero-order valence-electron chi connectivity index (χ0n) is 15.2. The van der Waals surface area contributed by atoms with Crippen molar-refractivity contribution < 1.29 is 9.59 Å². The first-order chi connectivity index (χ1) is 13.1.